The highest BCUT2D eigenvalue weighted by atomic mass is 15.3. The van der Waals surface area contributed by atoms with Crippen molar-refractivity contribution >= 4 is 17.0 Å². The number of H-pyrrole nitrogens is 1. The topological polar surface area (TPSA) is 91.7 Å². The summed E-state index contributed by atoms with van der Waals surface area (Å²) in [6, 6.07) is 0. The van der Waals surface area contributed by atoms with Crippen molar-refractivity contribution in [3.63, 3.8) is 0 Å². The van der Waals surface area contributed by atoms with Crippen molar-refractivity contribution in [1.82, 2.24) is 39.6 Å². The molecule has 3 aromatic rings. The first-order valence-electron chi connectivity index (χ1n) is 9.79. The highest BCUT2D eigenvalue weighted by Gasteiger charge is 2.27. The van der Waals surface area contributed by atoms with E-state index in [0.29, 0.717) is 5.92 Å². The first-order valence-corrected chi connectivity index (χ1v) is 9.79. The normalized spacial score (nSPS) is 19.4. The molecule has 9 nitrogen and oxygen atoms in total. The molecule has 27 heavy (non-hydrogen) atoms. The van der Waals surface area contributed by atoms with Crippen molar-refractivity contribution in [1.29, 1.82) is 0 Å². The van der Waals surface area contributed by atoms with Crippen molar-refractivity contribution in [2.24, 2.45) is 7.05 Å². The van der Waals surface area contributed by atoms with E-state index >= 15 is 0 Å². The average Bonchev–Trinajstić information content (AvgIpc) is 3.44. The number of likely N-dealkylation sites (tertiary alicyclic amines) is 1. The van der Waals surface area contributed by atoms with Crippen molar-refractivity contribution in [3.8, 4) is 0 Å². The molecule has 2 fully saturated rings. The Morgan fingerprint density at radius 3 is 2.67 bits per heavy atom. The van der Waals surface area contributed by atoms with Gasteiger partial charge in [0.25, 0.3) is 0 Å². The van der Waals surface area contributed by atoms with Crippen molar-refractivity contribution < 1.29 is 0 Å². The maximum Gasteiger partial charge on any atom is 0.182 e. The van der Waals surface area contributed by atoms with Crippen LogP contribution in [0.15, 0.2) is 12.7 Å². The third-order valence-electron chi connectivity index (χ3n) is 5.93. The molecule has 0 aromatic carbocycles. The molecule has 5 rings (SSSR count). The van der Waals surface area contributed by atoms with Crippen LogP contribution in [0.25, 0.3) is 11.2 Å². The molecule has 2 aliphatic rings. The van der Waals surface area contributed by atoms with Gasteiger partial charge in [-0.15, -0.1) is 10.2 Å². The Bertz CT molecular complexity index is 916. The molecular weight excluding hydrogens is 342 g/mol. The fraction of sp³-hybridized carbons (Fsp3) is 0.611. The first kappa shape index (κ1) is 16.6. The minimum atomic E-state index is 0.449. The van der Waals surface area contributed by atoms with Crippen molar-refractivity contribution in [3.05, 3.63) is 24.3 Å². The van der Waals surface area contributed by atoms with Crippen LogP contribution in [0.3, 0.4) is 0 Å². The second-order valence-electron chi connectivity index (χ2n) is 7.58. The molecule has 0 atom stereocenters. The lowest BCUT2D eigenvalue weighted by Gasteiger charge is -2.32. The van der Waals surface area contributed by atoms with Gasteiger partial charge in [-0.05, 0) is 38.8 Å². The standard InChI is InChI=1S/C18H25N9/c1-25-14(10-26-6-2-3-7-26)23-24-17(25)13-4-8-27(9-5-13)18-15-16(20-11-19-15)21-12-22-18/h11-13H,2-10H2,1H3,(H,19,20,21,22). The van der Waals surface area contributed by atoms with Crippen molar-refractivity contribution in [2.75, 3.05) is 31.1 Å². The van der Waals surface area contributed by atoms with E-state index < -0.39 is 0 Å². The van der Waals surface area contributed by atoms with Crippen LogP contribution in [0.2, 0.25) is 0 Å². The van der Waals surface area contributed by atoms with Crippen molar-refractivity contribution in [2.45, 2.75) is 38.1 Å². The number of imidazole rings is 1. The van der Waals surface area contributed by atoms with Gasteiger partial charge in [0.05, 0.1) is 12.9 Å². The highest BCUT2D eigenvalue weighted by Crippen LogP contribution is 2.30. The minimum Gasteiger partial charge on any atom is -0.355 e. The summed E-state index contributed by atoms with van der Waals surface area (Å²) in [5.74, 6) is 3.61. The zero-order chi connectivity index (χ0) is 18.2. The molecule has 0 unspecified atom stereocenters. The summed E-state index contributed by atoms with van der Waals surface area (Å²) >= 11 is 0. The maximum absolute atomic E-state index is 4.55. The Balaban J connectivity index is 1.28. The molecule has 0 aliphatic carbocycles. The third-order valence-corrected chi connectivity index (χ3v) is 5.93. The number of rotatable bonds is 4. The summed E-state index contributed by atoms with van der Waals surface area (Å²) in [5, 5.41) is 9.04. The lowest BCUT2D eigenvalue weighted by Crippen LogP contribution is -2.34. The van der Waals surface area contributed by atoms with E-state index in [1.54, 1.807) is 12.7 Å². The Kier molecular flexibility index (Phi) is 4.23. The van der Waals surface area contributed by atoms with E-state index in [9.17, 15) is 0 Å². The van der Waals surface area contributed by atoms with Gasteiger partial charge in [-0.3, -0.25) is 4.90 Å². The predicted octanol–water partition coefficient (Wildman–Crippen LogP) is 1.46. The monoisotopic (exact) mass is 367 g/mol. The SMILES string of the molecule is Cn1c(CN2CCCC2)nnc1C1CCN(c2ncnc3nc[nH]c23)CC1. The van der Waals surface area contributed by atoms with E-state index in [0.717, 1.165) is 61.1 Å². The van der Waals surface area contributed by atoms with Crippen LogP contribution in [-0.2, 0) is 13.6 Å². The molecule has 0 bridgehead atoms. The van der Waals surface area contributed by atoms with Gasteiger partial charge >= 0.3 is 0 Å². The van der Waals surface area contributed by atoms with E-state index in [4.69, 9.17) is 0 Å². The van der Waals surface area contributed by atoms with Crippen LogP contribution in [0, 0.1) is 0 Å². The average molecular weight is 367 g/mol. The van der Waals surface area contributed by atoms with Gasteiger partial charge in [-0.1, -0.05) is 0 Å². The Morgan fingerprint density at radius 2 is 1.85 bits per heavy atom. The van der Waals surface area contributed by atoms with E-state index in [1.807, 2.05) is 0 Å². The molecule has 9 heteroatoms. The van der Waals surface area contributed by atoms with Gasteiger partial charge in [-0.2, -0.15) is 0 Å². The molecule has 2 saturated heterocycles. The minimum absolute atomic E-state index is 0.449. The third kappa shape index (κ3) is 3.05. The van der Waals surface area contributed by atoms with Gasteiger partial charge < -0.3 is 14.5 Å². The number of anilines is 1. The quantitative estimate of drug-likeness (QED) is 0.746. The number of aromatic amines is 1. The summed E-state index contributed by atoms with van der Waals surface area (Å²) in [6.45, 7) is 5.18. The van der Waals surface area contributed by atoms with Crippen LogP contribution in [0.5, 0.6) is 0 Å². The number of aromatic nitrogens is 7. The largest absolute Gasteiger partial charge is 0.355 e. The fourth-order valence-electron chi connectivity index (χ4n) is 4.35. The van der Waals surface area contributed by atoms with Gasteiger partial charge in [0.15, 0.2) is 11.5 Å². The van der Waals surface area contributed by atoms with Crippen LogP contribution in [0.1, 0.15) is 43.3 Å². The number of fused-ring (bicyclic) bond motifs is 1. The number of piperidine rings is 1. The fourth-order valence-corrected chi connectivity index (χ4v) is 4.35. The second kappa shape index (κ2) is 6.88. The highest BCUT2D eigenvalue weighted by molar-refractivity contribution is 5.82. The maximum atomic E-state index is 4.55. The molecular formula is C18H25N9. The smallest absolute Gasteiger partial charge is 0.182 e. The number of nitrogens with one attached hydrogen (secondary N) is 1. The van der Waals surface area contributed by atoms with Crippen LogP contribution in [0.4, 0.5) is 5.82 Å². The van der Waals surface area contributed by atoms with E-state index in [1.165, 1.54) is 25.9 Å². The molecule has 0 amide bonds. The van der Waals surface area contributed by atoms with Crippen LogP contribution >= 0.6 is 0 Å². The lowest BCUT2D eigenvalue weighted by atomic mass is 9.96. The summed E-state index contributed by atoms with van der Waals surface area (Å²) in [6.07, 6.45) is 7.98. The molecule has 0 radical (unpaired) electrons. The summed E-state index contributed by atoms with van der Waals surface area (Å²) in [7, 11) is 2.12. The Morgan fingerprint density at radius 1 is 1.04 bits per heavy atom. The first-order chi connectivity index (χ1) is 13.3. The summed E-state index contributed by atoms with van der Waals surface area (Å²) < 4.78 is 2.22. The van der Waals surface area contributed by atoms with Gasteiger partial charge in [-0.25, -0.2) is 15.0 Å². The number of nitrogens with zero attached hydrogens (tertiary/aromatic N) is 8. The molecule has 5 heterocycles. The molecule has 3 aromatic heterocycles. The van der Waals surface area contributed by atoms with E-state index in [-0.39, 0.29) is 0 Å². The zero-order valence-corrected chi connectivity index (χ0v) is 15.7. The van der Waals surface area contributed by atoms with Gasteiger partial charge in [0.1, 0.15) is 23.5 Å². The lowest BCUT2D eigenvalue weighted by molar-refractivity contribution is 0.317. The summed E-state index contributed by atoms with van der Waals surface area (Å²) in [4.78, 5) is 20.9. The Labute approximate surface area is 157 Å². The zero-order valence-electron chi connectivity index (χ0n) is 15.7. The van der Waals surface area contributed by atoms with Gasteiger partial charge in [0.2, 0.25) is 0 Å². The summed E-state index contributed by atoms with van der Waals surface area (Å²) in [5.41, 5.74) is 1.64. The number of hydrogen-bond acceptors (Lipinski definition) is 7. The molecule has 0 saturated carbocycles. The van der Waals surface area contributed by atoms with E-state index in [2.05, 4.69) is 51.5 Å². The molecule has 142 valence electrons. The van der Waals surface area contributed by atoms with Crippen LogP contribution < -0.4 is 4.90 Å². The molecule has 1 N–H and O–H groups in total. The predicted molar refractivity (Wildman–Crippen MR) is 101 cm³/mol. The van der Waals surface area contributed by atoms with Gasteiger partial charge in [0, 0.05) is 26.1 Å². The molecule has 2 aliphatic heterocycles. The van der Waals surface area contributed by atoms with Crippen LogP contribution in [-0.4, -0.2) is 65.8 Å². The number of hydrogen-bond donors (Lipinski definition) is 1. The molecule has 0 spiro atoms. The Hall–Kier alpha value is -2.55. The second-order valence-corrected chi connectivity index (χ2v) is 7.58.